The largest absolute Gasteiger partial charge is 0.744 e. The minimum atomic E-state index is -4.47. The lowest BCUT2D eigenvalue weighted by atomic mass is 10.1. The van der Waals surface area contributed by atoms with E-state index in [2.05, 4.69) is 31.5 Å². The maximum atomic E-state index is 11.8. The van der Waals surface area contributed by atoms with Gasteiger partial charge in [-0.15, -0.1) is 5.11 Å². The number of aromatic nitrogens is 1. The molecule has 1 amide bonds. The fourth-order valence-electron chi connectivity index (χ4n) is 3.65. The zero-order chi connectivity index (χ0) is 29.4. The summed E-state index contributed by atoms with van der Waals surface area (Å²) in [6.45, 7) is 0.157. The number of amides is 1. The van der Waals surface area contributed by atoms with Crippen LogP contribution in [0.2, 0.25) is 0 Å². The molecule has 0 fully saturated rings. The zero-order valence-corrected chi connectivity index (χ0v) is 23.7. The van der Waals surface area contributed by atoms with Crippen molar-refractivity contribution in [3.05, 3.63) is 114 Å². The first-order valence-corrected chi connectivity index (χ1v) is 14.2. The molecule has 0 unspecified atom stereocenters. The Morgan fingerprint density at radius 1 is 0.854 bits per heavy atom. The van der Waals surface area contributed by atoms with Gasteiger partial charge in [0.15, 0.2) is 11.9 Å². The van der Waals surface area contributed by atoms with Gasteiger partial charge in [0.1, 0.15) is 15.9 Å². The van der Waals surface area contributed by atoms with E-state index in [1.807, 2.05) is 42.5 Å². The fraction of sp³-hybridized carbons (Fsp3) is 0.0345. The molecule has 0 saturated carbocycles. The Labute approximate surface area is 244 Å². The number of phenolic OH excluding ortho intramolecular Hbond substituents is 1. The molecule has 0 aliphatic carbocycles. The predicted octanol–water partition coefficient (Wildman–Crippen LogP) is 5.95. The summed E-state index contributed by atoms with van der Waals surface area (Å²) in [5, 5.41) is 31.5. The second-order valence-corrected chi connectivity index (χ2v) is 10.9. The summed E-state index contributed by atoms with van der Waals surface area (Å²) in [5.74, 6) is 0.145. The highest BCUT2D eigenvalue weighted by Gasteiger charge is 2.10. The molecule has 0 bridgehead atoms. The molecule has 0 radical (unpaired) electrons. The third-order valence-corrected chi connectivity index (χ3v) is 6.95. The van der Waals surface area contributed by atoms with E-state index < -0.39 is 10.1 Å². The van der Waals surface area contributed by atoms with Crippen molar-refractivity contribution in [1.29, 1.82) is 0 Å². The topological polar surface area (TPSA) is 155 Å². The van der Waals surface area contributed by atoms with Gasteiger partial charge in [0.05, 0.1) is 16.3 Å². The van der Waals surface area contributed by atoms with Gasteiger partial charge in [-0.3, -0.25) is 4.79 Å². The minimum Gasteiger partial charge on any atom is -0.744 e. The van der Waals surface area contributed by atoms with E-state index in [0.29, 0.717) is 16.8 Å². The number of carbonyl (C=O) groups excluding carboxylic acids is 1. The normalized spacial score (nSPS) is 11.2. The van der Waals surface area contributed by atoms with Gasteiger partial charge in [0.25, 0.3) is 5.91 Å². The fourth-order valence-corrected chi connectivity index (χ4v) is 4.39. The van der Waals surface area contributed by atoms with Crippen molar-refractivity contribution >= 4 is 59.8 Å². The number of rotatable bonds is 6. The van der Waals surface area contributed by atoms with Crippen LogP contribution in [0.3, 0.4) is 0 Å². The number of nitrogens with zero attached hydrogens (tertiary/aromatic N) is 3. The van der Waals surface area contributed by atoms with Gasteiger partial charge in [0.2, 0.25) is 12.7 Å². The maximum absolute atomic E-state index is 11.8. The first kappa shape index (κ1) is 29.3. The number of azo groups is 1. The second-order valence-electron chi connectivity index (χ2n) is 8.59. The average molecular weight is 635 g/mol. The lowest BCUT2D eigenvalue weighted by Gasteiger charge is -2.06. The molecule has 3 N–H and O–H groups in total. The van der Waals surface area contributed by atoms with Gasteiger partial charge < -0.3 is 20.1 Å². The number of fused-ring (bicyclic) bond motifs is 1. The van der Waals surface area contributed by atoms with E-state index >= 15 is 0 Å². The molecule has 41 heavy (non-hydrogen) atoms. The molecule has 4 aromatic carbocycles. The van der Waals surface area contributed by atoms with Gasteiger partial charge in [-0.1, -0.05) is 40.2 Å². The Balaban J connectivity index is 0.000000195. The molecule has 5 rings (SSSR count). The summed E-state index contributed by atoms with van der Waals surface area (Å²) in [6, 6.07) is 26.2. The van der Waals surface area contributed by atoms with Gasteiger partial charge in [-0.25, -0.2) is 8.42 Å². The first-order valence-electron chi connectivity index (χ1n) is 12.0. The van der Waals surface area contributed by atoms with E-state index in [1.165, 1.54) is 36.5 Å². The predicted molar refractivity (Wildman–Crippen MR) is 155 cm³/mol. The number of anilines is 1. The summed E-state index contributed by atoms with van der Waals surface area (Å²) in [6.07, 6.45) is 3.22. The lowest BCUT2D eigenvalue weighted by Crippen LogP contribution is -2.39. The van der Waals surface area contributed by atoms with Crippen LogP contribution in [0.15, 0.2) is 129 Å². The highest BCUT2D eigenvalue weighted by atomic mass is 79.9. The Morgan fingerprint density at radius 2 is 1.54 bits per heavy atom. The molecule has 12 heteroatoms. The number of phenols is 1. The van der Waals surface area contributed by atoms with E-state index in [0.717, 1.165) is 15.5 Å². The standard InChI is InChI=1S/C16H12N2O4S.C13H11BrN2O2/c19-16-10-9-15(13-3-1-2-4-14(13)16)18-17-11-5-7-12(8-6-11)23(20,21)22;14-10-3-5-11(6-4-10)15-13(18)9-16-7-1-2-12(17)8-16/h1-10,19H,(H,20,21,22);1-8H,9H2,(H-,15,17,18). The summed E-state index contributed by atoms with van der Waals surface area (Å²) in [4.78, 5) is 11.4. The SMILES string of the molecule is O=C(C[n+]1cccc(O)c1)Nc1ccc(Br)cc1.O=S(=O)([O-])c1ccc(N=Nc2ccc(O)c3ccccc23)cc1. The average Bonchev–Trinajstić information content (AvgIpc) is 2.94. The molecule has 0 atom stereocenters. The molecular weight excluding hydrogens is 612 g/mol. The van der Waals surface area contributed by atoms with E-state index in [9.17, 15) is 28.0 Å². The molecule has 0 aliphatic rings. The monoisotopic (exact) mass is 634 g/mol. The van der Waals surface area contributed by atoms with Crippen LogP contribution in [0.5, 0.6) is 11.5 Å². The highest BCUT2D eigenvalue weighted by Crippen LogP contribution is 2.33. The molecule has 1 aromatic heterocycles. The molecule has 0 saturated heterocycles. The molecule has 0 spiro atoms. The third-order valence-electron chi connectivity index (χ3n) is 5.57. The number of carbonyl (C=O) groups is 1. The highest BCUT2D eigenvalue weighted by molar-refractivity contribution is 9.10. The zero-order valence-electron chi connectivity index (χ0n) is 21.3. The van der Waals surface area contributed by atoms with Gasteiger partial charge in [-0.05, 0) is 66.7 Å². The van der Waals surface area contributed by atoms with Crippen LogP contribution in [-0.4, -0.2) is 29.1 Å². The van der Waals surface area contributed by atoms with Gasteiger partial charge in [0, 0.05) is 27.0 Å². The van der Waals surface area contributed by atoms with Crippen molar-refractivity contribution in [3.63, 3.8) is 0 Å². The number of halogens is 1. The van der Waals surface area contributed by atoms with Crippen molar-refractivity contribution in [2.24, 2.45) is 10.2 Å². The van der Waals surface area contributed by atoms with E-state index in [1.54, 1.807) is 35.0 Å². The summed E-state index contributed by atoms with van der Waals surface area (Å²) >= 11 is 3.33. The van der Waals surface area contributed by atoms with Crippen molar-refractivity contribution in [1.82, 2.24) is 0 Å². The van der Waals surface area contributed by atoms with Gasteiger partial charge in [-0.2, -0.15) is 9.68 Å². The maximum Gasteiger partial charge on any atom is 0.290 e. The Hall–Kier alpha value is -4.65. The quantitative estimate of drug-likeness (QED) is 0.119. The van der Waals surface area contributed by atoms with Crippen molar-refractivity contribution in [2.75, 3.05) is 5.32 Å². The third kappa shape index (κ3) is 8.42. The molecular formula is C29H23BrN4O6S. The second kappa shape index (κ2) is 13.1. The van der Waals surface area contributed by atoms with Crippen LogP contribution in [0, 0.1) is 0 Å². The van der Waals surface area contributed by atoms with Gasteiger partial charge >= 0.3 is 0 Å². The Bertz CT molecular complexity index is 1810. The van der Waals surface area contributed by atoms with Crippen LogP contribution in [-0.2, 0) is 21.5 Å². The minimum absolute atomic E-state index is 0.133. The van der Waals surface area contributed by atoms with Crippen molar-refractivity contribution in [3.8, 4) is 11.5 Å². The van der Waals surface area contributed by atoms with Crippen LogP contribution in [0.4, 0.5) is 17.1 Å². The number of benzene rings is 4. The molecule has 208 valence electrons. The number of nitrogens with one attached hydrogen (secondary N) is 1. The molecule has 5 aromatic rings. The van der Waals surface area contributed by atoms with Crippen LogP contribution in [0.25, 0.3) is 10.8 Å². The number of aromatic hydroxyl groups is 2. The molecule has 10 nitrogen and oxygen atoms in total. The van der Waals surface area contributed by atoms with Crippen molar-refractivity contribution < 1.29 is 32.5 Å². The van der Waals surface area contributed by atoms with Crippen LogP contribution < -0.4 is 9.88 Å². The summed E-state index contributed by atoms with van der Waals surface area (Å²) in [5.41, 5.74) is 1.72. The Kier molecular flexibility index (Phi) is 9.40. The smallest absolute Gasteiger partial charge is 0.290 e. The summed E-state index contributed by atoms with van der Waals surface area (Å²) < 4.78 is 35.2. The molecule has 0 aliphatic heterocycles. The van der Waals surface area contributed by atoms with Crippen molar-refractivity contribution in [2.45, 2.75) is 11.4 Å². The number of pyridine rings is 1. The lowest BCUT2D eigenvalue weighted by molar-refractivity contribution is -0.684. The first-order chi connectivity index (χ1) is 19.6. The number of hydrogen-bond acceptors (Lipinski definition) is 8. The van der Waals surface area contributed by atoms with E-state index in [4.69, 9.17) is 0 Å². The summed E-state index contributed by atoms with van der Waals surface area (Å²) in [7, 11) is -4.47. The number of hydrogen-bond donors (Lipinski definition) is 3. The van der Waals surface area contributed by atoms with E-state index in [-0.39, 0.29) is 28.8 Å². The Morgan fingerprint density at radius 3 is 2.20 bits per heavy atom. The van der Waals surface area contributed by atoms with Crippen LogP contribution >= 0.6 is 15.9 Å². The molecule has 1 heterocycles. The van der Waals surface area contributed by atoms with Crippen LogP contribution in [0.1, 0.15) is 0 Å².